The molecule has 25 heavy (non-hydrogen) atoms. The first-order valence-electron chi connectivity index (χ1n) is 8.93. The van der Waals surface area contributed by atoms with E-state index in [2.05, 4.69) is 46.6 Å². The standard InChI is InChI=1S/C17H32N6O.HI/c1-5-18-16(19-11-15-22-21-13-23(15)4)20-12-17(2,3)10-14-6-8-24-9-7-14;/h13-14H,5-12H2,1-4H3,(H2,18,19,20);1H. The van der Waals surface area contributed by atoms with Crippen molar-refractivity contribution in [2.45, 2.75) is 46.6 Å². The van der Waals surface area contributed by atoms with E-state index in [1.54, 1.807) is 6.33 Å². The average molecular weight is 464 g/mol. The topological polar surface area (TPSA) is 76.4 Å². The molecule has 1 aliphatic rings. The van der Waals surface area contributed by atoms with Gasteiger partial charge in [0.25, 0.3) is 0 Å². The van der Waals surface area contributed by atoms with Crippen LogP contribution in [0, 0.1) is 11.3 Å². The molecule has 0 unspecified atom stereocenters. The number of nitrogens with one attached hydrogen (secondary N) is 2. The van der Waals surface area contributed by atoms with Crippen molar-refractivity contribution in [2.75, 3.05) is 26.3 Å². The van der Waals surface area contributed by atoms with Crippen molar-refractivity contribution in [2.24, 2.45) is 23.4 Å². The van der Waals surface area contributed by atoms with Gasteiger partial charge in [-0.15, -0.1) is 34.2 Å². The summed E-state index contributed by atoms with van der Waals surface area (Å²) in [6.07, 6.45) is 5.28. The zero-order valence-corrected chi connectivity index (χ0v) is 18.2. The minimum absolute atomic E-state index is 0. The van der Waals surface area contributed by atoms with E-state index in [1.807, 2.05) is 11.6 Å². The van der Waals surface area contributed by atoms with Gasteiger partial charge in [-0.1, -0.05) is 13.8 Å². The fraction of sp³-hybridized carbons (Fsp3) is 0.824. The number of hydrogen-bond donors (Lipinski definition) is 2. The summed E-state index contributed by atoms with van der Waals surface area (Å²) in [5, 5.41) is 14.7. The van der Waals surface area contributed by atoms with Crippen LogP contribution in [-0.2, 0) is 18.3 Å². The summed E-state index contributed by atoms with van der Waals surface area (Å²) in [6, 6.07) is 0. The van der Waals surface area contributed by atoms with E-state index in [0.29, 0.717) is 6.54 Å². The van der Waals surface area contributed by atoms with Crippen molar-refractivity contribution in [3.8, 4) is 0 Å². The lowest BCUT2D eigenvalue weighted by molar-refractivity contribution is 0.0517. The van der Waals surface area contributed by atoms with Crippen LogP contribution >= 0.6 is 24.0 Å². The maximum Gasteiger partial charge on any atom is 0.191 e. The molecule has 2 heterocycles. The van der Waals surface area contributed by atoms with Gasteiger partial charge in [0.05, 0.1) is 0 Å². The van der Waals surface area contributed by atoms with E-state index in [9.17, 15) is 0 Å². The molecule has 1 aromatic rings. The highest BCUT2D eigenvalue weighted by atomic mass is 127. The molecule has 0 spiro atoms. The lowest BCUT2D eigenvalue weighted by Gasteiger charge is -2.32. The molecule has 2 rings (SSSR count). The van der Waals surface area contributed by atoms with Crippen LogP contribution in [0.25, 0.3) is 0 Å². The van der Waals surface area contributed by atoms with Gasteiger partial charge in [0.15, 0.2) is 11.8 Å². The predicted octanol–water partition coefficient (Wildman–Crippen LogP) is 2.33. The number of ether oxygens (including phenoxy) is 1. The Labute approximate surface area is 168 Å². The SMILES string of the molecule is CCNC(=NCc1nncn1C)NCC(C)(C)CC1CCOCC1.I. The van der Waals surface area contributed by atoms with Crippen LogP contribution in [0.3, 0.4) is 0 Å². The highest BCUT2D eigenvalue weighted by molar-refractivity contribution is 14.0. The summed E-state index contributed by atoms with van der Waals surface area (Å²) in [5.41, 5.74) is 0.225. The van der Waals surface area contributed by atoms with Crippen molar-refractivity contribution in [1.82, 2.24) is 25.4 Å². The second kappa shape index (κ2) is 10.9. The number of hydrogen-bond acceptors (Lipinski definition) is 4. The fourth-order valence-corrected chi connectivity index (χ4v) is 3.07. The van der Waals surface area contributed by atoms with Gasteiger partial charge < -0.3 is 19.9 Å². The Bertz CT molecular complexity index is 525. The van der Waals surface area contributed by atoms with Crippen LogP contribution in [0.1, 0.15) is 45.9 Å². The Morgan fingerprint density at radius 2 is 2.08 bits per heavy atom. The van der Waals surface area contributed by atoms with Crippen molar-refractivity contribution in [1.29, 1.82) is 0 Å². The second-order valence-electron chi connectivity index (χ2n) is 7.33. The van der Waals surface area contributed by atoms with Crippen molar-refractivity contribution in [3.05, 3.63) is 12.2 Å². The zero-order valence-electron chi connectivity index (χ0n) is 15.9. The number of aromatic nitrogens is 3. The summed E-state index contributed by atoms with van der Waals surface area (Å²) in [5.74, 6) is 2.46. The van der Waals surface area contributed by atoms with Crippen LogP contribution in [-0.4, -0.2) is 47.0 Å². The van der Waals surface area contributed by atoms with Gasteiger partial charge in [-0.25, -0.2) is 4.99 Å². The van der Waals surface area contributed by atoms with E-state index in [0.717, 1.165) is 44.0 Å². The molecule has 1 fully saturated rings. The fourth-order valence-electron chi connectivity index (χ4n) is 3.07. The molecule has 144 valence electrons. The Morgan fingerprint density at radius 1 is 1.36 bits per heavy atom. The van der Waals surface area contributed by atoms with Gasteiger partial charge in [-0.3, -0.25) is 0 Å². The number of aliphatic imine (C=N–C) groups is 1. The molecule has 1 aromatic heterocycles. The van der Waals surface area contributed by atoms with Gasteiger partial charge >= 0.3 is 0 Å². The smallest absolute Gasteiger partial charge is 0.191 e. The molecule has 1 saturated heterocycles. The zero-order chi connectivity index (χ0) is 17.4. The van der Waals surface area contributed by atoms with Crippen LogP contribution in [0.15, 0.2) is 11.3 Å². The summed E-state index contributed by atoms with van der Waals surface area (Å²) < 4.78 is 7.35. The number of nitrogens with zero attached hydrogens (tertiary/aromatic N) is 4. The lowest BCUT2D eigenvalue weighted by Crippen LogP contribution is -2.42. The van der Waals surface area contributed by atoms with Gasteiger partial charge in [0.2, 0.25) is 0 Å². The van der Waals surface area contributed by atoms with Crippen LogP contribution < -0.4 is 10.6 Å². The number of rotatable bonds is 7. The molecule has 0 aliphatic carbocycles. The van der Waals surface area contributed by atoms with E-state index in [4.69, 9.17) is 4.74 Å². The second-order valence-corrected chi connectivity index (χ2v) is 7.33. The number of guanidine groups is 1. The van der Waals surface area contributed by atoms with Crippen molar-refractivity contribution < 1.29 is 4.74 Å². The van der Waals surface area contributed by atoms with Crippen LogP contribution in [0.2, 0.25) is 0 Å². The molecule has 0 bridgehead atoms. The summed E-state index contributed by atoms with van der Waals surface area (Å²) in [6.45, 7) is 10.8. The van der Waals surface area contributed by atoms with Crippen LogP contribution in [0.4, 0.5) is 0 Å². The summed E-state index contributed by atoms with van der Waals surface area (Å²) >= 11 is 0. The van der Waals surface area contributed by atoms with Crippen LogP contribution in [0.5, 0.6) is 0 Å². The highest BCUT2D eigenvalue weighted by Gasteiger charge is 2.25. The molecule has 7 nitrogen and oxygen atoms in total. The molecule has 0 aromatic carbocycles. The molecule has 0 amide bonds. The predicted molar refractivity (Wildman–Crippen MR) is 111 cm³/mol. The molecular weight excluding hydrogens is 431 g/mol. The maximum absolute atomic E-state index is 5.46. The number of halogens is 1. The van der Waals surface area contributed by atoms with Crippen molar-refractivity contribution >= 4 is 29.9 Å². The lowest BCUT2D eigenvalue weighted by atomic mass is 9.80. The molecule has 8 heteroatoms. The first-order valence-corrected chi connectivity index (χ1v) is 8.93. The largest absolute Gasteiger partial charge is 0.381 e. The third-order valence-electron chi connectivity index (χ3n) is 4.44. The summed E-state index contributed by atoms with van der Waals surface area (Å²) in [4.78, 5) is 4.62. The van der Waals surface area contributed by atoms with E-state index < -0.39 is 0 Å². The first kappa shape index (κ1) is 22.1. The third-order valence-corrected chi connectivity index (χ3v) is 4.44. The molecule has 1 aliphatic heterocycles. The normalized spacial score (nSPS) is 16.4. The molecule has 0 atom stereocenters. The van der Waals surface area contributed by atoms with E-state index in [1.165, 1.54) is 19.3 Å². The minimum atomic E-state index is 0. The molecule has 2 N–H and O–H groups in total. The van der Waals surface area contributed by atoms with Gasteiger partial charge in [-0.05, 0) is 37.5 Å². The first-order chi connectivity index (χ1) is 11.5. The number of aryl methyl sites for hydroxylation is 1. The Kier molecular flexibility index (Phi) is 9.70. The van der Waals surface area contributed by atoms with E-state index >= 15 is 0 Å². The minimum Gasteiger partial charge on any atom is -0.381 e. The quantitative estimate of drug-likeness (QED) is 0.368. The van der Waals surface area contributed by atoms with E-state index in [-0.39, 0.29) is 29.4 Å². The Morgan fingerprint density at radius 3 is 2.68 bits per heavy atom. The van der Waals surface area contributed by atoms with Gasteiger partial charge in [-0.2, -0.15) is 0 Å². The molecule has 0 saturated carbocycles. The Balaban J connectivity index is 0.00000312. The molecular formula is C17H33IN6O. The Hall–Kier alpha value is -0.900. The highest BCUT2D eigenvalue weighted by Crippen LogP contribution is 2.30. The van der Waals surface area contributed by atoms with Crippen molar-refractivity contribution in [3.63, 3.8) is 0 Å². The van der Waals surface area contributed by atoms with Gasteiger partial charge in [0, 0.05) is 33.4 Å². The molecule has 0 radical (unpaired) electrons. The average Bonchev–Trinajstić information content (AvgIpc) is 2.96. The third kappa shape index (κ3) is 7.89. The van der Waals surface area contributed by atoms with Gasteiger partial charge in [0.1, 0.15) is 12.9 Å². The maximum atomic E-state index is 5.46. The monoisotopic (exact) mass is 464 g/mol. The summed E-state index contributed by atoms with van der Waals surface area (Å²) in [7, 11) is 1.93.